The van der Waals surface area contributed by atoms with E-state index in [1.807, 2.05) is 12.1 Å². The molecule has 10 rings (SSSR count). The summed E-state index contributed by atoms with van der Waals surface area (Å²) >= 11 is 0. The van der Waals surface area contributed by atoms with Crippen molar-refractivity contribution in [3.8, 4) is 22.3 Å². The van der Waals surface area contributed by atoms with Gasteiger partial charge in [0.1, 0.15) is 11.2 Å². The zero-order valence-corrected chi connectivity index (χ0v) is 27.3. The average molecular weight is 638 g/mol. The molecule has 0 saturated carbocycles. The first kappa shape index (κ1) is 28.4. The highest BCUT2D eigenvalue weighted by Gasteiger charge is 2.18. The molecule has 0 spiro atoms. The number of para-hydroxylation sites is 2. The van der Waals surface area contributed by atoms with Crippen LogP contribution in [0, 0.1) is 0 Å². The molecule has 2 heteroatoms. The molecule has 0 aliphatic heterocycles. The molecule has 1 heterocycles. The van der Waals surface area contributed by atoms with Gasteiger partial charge in [-0.15, -0.1) is 0 Å². The Morgan fingerprint density at radius 3 is 1.86 bits per heavy atom. The summed E-state index contributed by atoms with van der Waals surface area (Å²) < 4.78 is 6.18. The summed E-state index contributed by atoms with van der Waals surface area (Å²) in [5, 5.41) is 9.67. The van der Waals surface area contributed by atoms with Gasteiger partial charge in [0.05, 0.1) is 5.69 Å². The van der Waals surface area contributed by atoms with E-state index in [4.69, 9.17) is 4.42 Å². The van der Waals surface area contributed by atoms with Crippen LogP contribution < -0.4 is 4.90 Å². The predicted octanol–water partition coefficient (Wildman–Crippen LogP) is 13.8. The van der Waals surface area contributed by atoms with Crippen molar-refractivity contribution in [1.82, 2.24) is 0 Å². The first-order valence-corrected chi connectivity index (χ1v) is 17.1. The fourth-order valence-corrected chi connectivity index (χ4v) is 7.72. The van der Waals surface area contributed by atoms with Crippen molar-refractivity contribution in [1.29, 1.82) is 0 Å². The molecule has 10 aromatic rings. The maximum atomic E-state index is 6.18. The Balaban J connectivity index is 1.11. The largest absolute Gasteiger partial charge is 0.456 e. The maximum Gasteiger partial charge on any atom is 0.136 e. The molecule has 0 amide bonds. The van der Waals surface area contributed by atoms with Crippen LogP contribution in [-0.4, -0.2) is 0 Å². The molecule has 0 unspecified atom stereocenters. The van der Waals surface area contributed by atoms with Crippen LogP contribution in [0.3, 0.4) is 0 Å². The highest BCUT2D eigenvalue weighted by molar-refractivity contribution is 6.19. The third-order valence-corrected chi connectivity index (χ3v) is 10.1. The van der Waals surface area contributed by atoms with Gasteiger partial charge in [0, 0.05) is 27.5 Å². The molecule has 0 radical (unpaired) electrons. The van der Waals surface area contributed by atoms with Gasteiger partial charge in [-0.25, -0.2) is 0 Å². The van der Waals surface area contributed by atoms with Crippen LogP contribution in [0.15, 0.2) is 192 Å². The molecule has 0 fully saturated rings. The Kier molecular flexibility index (Phi) is 6.53. The van der Waals surface area contributed by atoms with Crippen molar-refractivity contribution in [2.45, 2.75) is 0 Å². The van der Waals surface area contributed by atoms with Gasteiger partial charge < -0.3 is 9.32 Å². The minimum absolute atomic E-state index is 0.923. The topological polar surface area (TPSA) is 16.4 Å². The summed E-state index contributed by atoms with van der Waals surface area (Å²) in [6.45, 7) is 0. The highest BCUT2D eigenvalue weighted by Crippen LogP contribution is 2.43. The van der Waals surface area contributed by atoms with Crippen molar-refractivity contribution in [2.75, 3.05) is 4.90 Å². The molecule has 9 aromatic carbocycles. The number of nitrogens with zero attached hydrogens (tertiary/aromatic N) is 1. The van der Waals surface area contributed by atoms with Crippen molar-refractivity contribution < 1.29 is 4.42 Å². The molecule has 1 aromatic heterocycles. The third kappa shape index (κ3) is 4.57. The Bertz CT molecular complexity index is 2860. The van der Waals surface area contributed by atoms with Crippen molar-refractivity contribution in [3.05, 3.63) is 188 Å². The summed E-state index contributed by atoms with van der Waals surface area (Å²) in [4.78, 5) is 2.38. The van der Waals surface area contributed by atoms with Crippen LogP contribution >= 0.6 is 0 Å². The quantitative estimate of drug-likeness (QED) is 0.187. The monoisotopic (exact) mass is 637 g/mol. The second-order valence-electron chi connectivity index (χ2n) is 12.9. The normalized spacial score (nSPS) is 11.6. The maximum absolute atomic E-state index is 6.18. The summed E-state index contributed by atoms with van der Waals surface area (Å²) in [6, 6.07) is 67.5. The van der Waals surface area contributed by atoms with Gasteiger partial charge in [0.25, 0.3) is 0 Å². The van der Waals surface area contributed by atoms with E-state index in [-0.39, 0.29) is 0 Å². The van der Waals surface area contributed by atoms with E-state index in [2.05, 4.69) is 181 Å². The van der Waals surface area contributed by atoms with Gasteiger partial charge in [0.15, 0.2) is 0 Å². The number of fused-ring (bicyclic) bond motifs is 7. The zero-order chi connectivity index (χ0) is 33.0. The number of anilines is 3. The molecular weight excluding hydrogens is 607 g/mol. The van der Waals surface area contributed by atoms with E-state index in [9.17, 15) is 0 Å². The summed E-state index contributed by atoms with van der Waals surface area (Å²) in [5.74, 6) is 0. The van der Waals surface area contributed by atoms with Crippen molar-refractivity contribution in [2.24, 2.45) is 0 Å². The van der Waals surface area contributed by atoms with Crippen LogP contribution in [0.4, 0.5) is 17.1 Å². The Hall–Kier alpha value is -6.64. The molecule has 50 heavy (non-hydrogen) atoms. The lowest BCUT2D eigenvalue weighted by atomic mass is 9.93. The fraction of sp³-hybridized carbons (Fsp3) is 0. The molecule has 2 nitrogen and oxygen atoms in total. The lowest BCUT2D eigenvalue weighted by Gasteiger charge is -2.27. The summed E-state index contributed by atoms with van der Waals surface area (Å²) in [7, 11) is 0. The van der Waals surface area contributed by atoms with Crippen molar-refractivity contribution >= 4 is 71.3 Å². The molecule has 0 aliphatic carbocycles. The van der Waals surface area contributed by atoms with Crippen LogP contribution in [0.1, 0.15) is 0 Å². The van der Waals surface area contributed by atoms with E-state index >= 15 is 0 Å². The lowest BCUT2D eigenvalue weighted by Crippen LogP contribution is -2.10. The number of hydrogen-bond donors (Lipinski definition) is 0. The number of furan rings is 1. The Morgan fingerprint density at radius 1 is 0.340 bits per heavy atom. The van der Waals surface area contributed by atoms with Crippen LogP contribution in [0.25, 0.3) is 76.5 Å². The zero-order valence-electron chi connectivity index (χ0n) is 27.3. The van der Waals surface area contributed by atoms with E-state index in [1.165, 1.54) is 60.0 Å². The van der Waals surface area contributed by atoms with E-state index < -0.39 is 0 Å². The molecule has 0 saturated heterocycles. The molecule has 0 aliphatic rings. The smallest absolute Gasteiger partial charge is 0.136 e. The molecule has 234 valence electrons. The predicted molar refractivity (Wildman–Crippen MR) is 212 cm³/mol. The molecule has 0 bridgehead atoms. The van der Waals surface area contributed by atoms with Crippen LogP contribution in [0.5, 0.6) is 0 Å². The van der Waals surface area contributed by atoms with Gasteiger partial charge in [0.2, 0.25) is 0 Å². The van der Waals surface area contributed by atoms with E-state index in [0.29, 0.717) is 0 Å². The lowest BCUT2D eigenvalue weighted by molar-refractivity contribution is 0.669. The minimum Gasteiger partial charge on any atom is -0.456 e. The summed E-state index contributed by atoms with van der Waals surface area (Å²) in [6.07, 6.45) is 0. The fourth-order valence-electron chi connectivity index (χ4n) is 7.72. The van der Waals surface area contributed by atoms with Gasteiger partial charge in [-0.05, 0) is 97.7 Å². The number of hydrogen-bond acceptors (Lipinski definition) is 2. The summed E-state index contributed by atoms with van der Waals surface area (Å²) in [5.41, 5.74) is 10.1. The molecule has 0 atom stereocenters. The first-order chi connectivity index (χ1) is 24.8. The average Bonchev–Trinajstić information content (AvgIpc) is 3.58. The van der Waals surface area contributed by atoms with Gasteiger partial charge in [-0.3, -0.25) is 0 Å². The highest BCUT2D eigenvalue weighted by atomic mass is 16.3. The molecular formula is C48H31NO. The standard InChI is InChI=1S/C48H31NO/c1-2-13-36(14-3-1)49(37-25-21-33(22-26-37)39-19-10-12-32-11-4-5-15-38(32)39)45-29-28-40(42-16-6-7-17-43(42)45)34-23-27-41-35(31-34)24-30-47-48(41)44-18-8-9-20-46(44)50-47/h1-31H. The SMILES string of the molecule is c1ccc(N(c2ccc(-c3cccc4ccccc34)cc2)c2ccc(-c3ccc4c(ccc5oc6ccccc6c54)c3)c3ccccc23)cc1. The second kappa shape index (κ2) is 11.5. The van der Waals surface area contributed by atoms with Gasteiger partial charge in [-0.2, -0.15) is 0 Å². The number of benzene rings is 9. The van der Waals surface area contributed by atoms with E-state index in [1.54, 1.807) is 0 Å². The third-order valence-electron chi connectivity index (χ3n) is 10.1. The van der Waals surface area contributed by atoms with Crippen LogP contribution in [-0.2, 0) is 0 Å². The second-order valence-corrected chi connectivity index (χ2v) is 12.9. The Morgan fingerprint density at radius 2 is 1.00 bits per heavy atom. The molecule has 0 N–H and O–H groups in total. The van der Waals surface area contributed by atoms with Gasteiger partial charge >= 0.3 is 0 Å². The number of rotatable bonds is 5. The minimum atomic E-state index is 0.923. The first-order valence-electron chi connectivity index (χ1n) is 17.1. The Labute approximate surface area is 290 Å². The van der Waals surface area contributed by atoms with Gasteiger partial charge in [-0.1, -0.05) is 140 Å². The van der Waals surface area contributed by atoms with Crippen molar-refractivity contribution in [3.63, 3.8) is 0 Å². The van der Waals surface area contributed by atoms with E-state index in [0.717, 1.165) is 33.6 Å². The van der Waals surface area contributed by atoms with Crippen LogP contribution in [0.2, 0.25) is 0 Å².